The number of hydrogen-bond donors (Lipinski definition) is 0. The van der Waals surface area contributed by atoms with Crippen LogP contribution in [0.3, 0.4) is 0 Å². The Morgan fingerprint density at radius 3 is 1.16 bits per heavy atom. The molecule has 0 bridgehead atoms. The summed E-state index contributed by atoms with van der Waals surface area (Å²) in [4.78, 5) is 0. The summed E-state index contributed by atoms with van der Waals surface area (Å²) in [6, 6.07) is 43.1. The van der Waals surface area contributed by atoms with Crippen LogP contribution in [0, 0.1) is 0 Å². The minimum Gasteiger partial charge on any atom is -0.233 e. The Hall–Kier alpha value is -4.70. The number of nitrogens with zero attached hydrogens (tertiary/aromatic N) is 4. The Morgan fingerprint density at radius 1 is 0.422 bits per heavy atom. The molecule has 6 rings (SSSR count). The number of hydrogen-bond acceptors (Lipinski definition) is 2. The van der Waals surface area contributed by atoms with Crippen molar-refractivity contribution in [3.05, 3.63) is 144 Å². The quantitative estimate of drug-likeness (QED) is 0.193. The number of rotatable bonds is 6. The molecule has 0 spiro atoms. The standard InChI is InChI=1S/C41H44N4/c1-39(2,3)31-21-15-23-33(25-31)44-35(29-17-11-9-12-18-29)27-37(42-44)41(7,8)38-28-36(30-19-13-10-14-20-30)45(43-38)34-24-16-22-32(26-34)40(4,5)6/h9-28H,1-8H3. The zero-order valence-electron chi connectivity index (χ0n) is 27.8. The third-order valence-electron chi connectivity index (χ3n) is 8.75. The maximum Gasteiger partial charge on any atom is 0.0752 e. The van der Waals surface area contributed by atoms with Gasteiger partial charge in [-0.2, -0.15) is 10.2 Å². The van der Waals surface area contributed by atoms with E-state index in [-0.39, 0.29) is 10.8 Å². The van der Waals surface area contributed by atoms with E-state index in [9.17, 15) is 0 Å². The maximum absolute atomic E-state index is 5.33. The maximum atomic E-state index is 5.33. The summed E-state index contributed by atoms with van der Waals surface area (Å²) in [5, 5.41) is 10.7. The molecule has 0 aliphatic rings. The van der Waals surface area contributed by atoms with Gasteiger partial charge in [-0.3, -0.25) is 0 Å². The highest BCUT2D eigenvalue weighted by molar-refractivity contribution is 5.66. The lowest BCUT2D eigenvalue weighted by molar-refractivity contribution is 0.574. The van der Waals surface area contributed by atoms with E-state index in [2.05, 4.69) is 186 Å². The van der Waals surface area contributed by atoms with Gasteiger partial charge in [0.15, 0.2) is 0 Å². The van der Waals surface area contributed by atoms with Gasteiger partial charge in [-0.1, -0.05) is 126 Å². The lowest BCUT2D eigenvalue weighted by atomic mass is 9.85. The fourth-order valence-corrected chi connectivity index (χ4v) is 5.74. The molecule has 0 atom stereocenters. The van der Waals surface area contributed by atoms with E-state index in [0.717, 1.165) is 45.3 Å². The van der Waals surface area contributed by atoms with E-state index < -0.39 is 5.41 Å². The third kappa shape index (κ3) is 6.02. The van der Waals surface area contributed by atoms with E-state index in [1.54, 1.807) is 0 Å². The molecule has 0 fully saturated rings. The Balaban J connectivity index is 1.52. The van der Waals surface area contributed by atoms with Crippen molar-refractivity contribution in [1.29, 1.82) is 0 Å². The first-order valence-corrected chi connectivity index (χ1v) is 15.9. The van der Waals surface area contributed by atoms with Crippen LogP contribution in [0.1, 0.15) is 77.9 Å². The van der Waals surface area contributed by atoms with Gasteiger partial charge in [0.05, 0.1) is 39.6 Å². The molecule has 4 nitrogen and oxygen atoms in total. The van der Waals surface area contributed by atoms with Crippen LogP contribution < -0.4 is 0 Å². The molecular weight excluding hydrogens is 548 g/mol. The fourth-order valence-electron chi connectivity index (χ4n) is 5.74. The zero-order valence-corrected chi connectivity index (χ0v) is 27.8. The van der Waals surface area contributed by atoms with Crippen LogP contribution in [-0.4, -0.2) is 19.6 Å². The molecule has 4 aromatic carbocycles. The van der Waals surface area contributed by atoms with Gasteiger partial charge in [-0.25, -0.2) is 9.36 Å². The van der Waals surface area contributed by atoms with Gasteiger partial charge in [0, 0.05) is 11.1 Å². The van der Waals surface area contributed by atoms with E-state index in [1.165, 1.54) is 11.1 Å². The summed E-state index contributed by atoms with van der Waals surface area (Å²) in [6.07, 6.45) is 0. The van der Waals surface area contributed by atoms with Gasteiger partial charge in [-0.15, -0.1) is 0 Å². The van der Waals surface area contributed by atoms with Crippen LogP contribution in [0.4, 0.5) is 0 Å². The van der Waals surface area contributed by atoms with Gasteiger partial charge in [-0.05, 0) is 72.2 Å². The lowest BCUT2D eigenvalue weighted by Crippen LogP contribution is -2.21. The molecule has 45 heavy (non-hydrogen) atoms. The Bertz CT molecular complexity index is 1790. The van der Waals surface area contributed by atoms with Crippen LogP contribution in [0.2, 0.25) is 0 Å². The van der Waals surface area contributed by atoms with E-state index in [1.807, 2.05) is 0 Å². The SMILES string of the molecule is CC(C)(C)c1cccc(-n2nc(C(C)(C)c3cc(-c4ccccc4)n(-c4cccc(C(C)(C)C)c4)n3)cc2-c2ccccc2)c1. The smallest absolute Gasteiger partial charge is 0.0752 e. The van der Waals surface area contributed by atoms with Crippen molar-refractivity contribution in [2.45, 2.75) is 71.6 Å². The first-order valence-electron chi connectivity index (χ1n) is 15.9. The summed E-state index contributed by atoms with van der Waals surface area (Å²) in [7, 11) is 0. The summed E-state index contributed by atoms with van der Waals surface area (Å²) in [5.41, 5.74) is 10.6. The molecule has 0 saturated carbocycles. The molecule has 0 aliphatic heterocycles. The van der Waals surface area contributed by atoms with Crippen molar-refractivity contribution >= 4 is 0 Å². The van der Waals surface area contributed by atoms with Crippen molar-refractivity contribution in [3.63, 3.8) is 0 Å². The van der Waals surface area contributed by atoms with Crippen molar-refractivity contribution < 1.29 is 0 Å². The summed E-state index contributed by atoms with van der Waals surface area (Å²) in [5.74, 6) is 0. The average Bonchev–Trinajstić information content (AvgIpc) is 3.68. The highest BCUT2D eigenvalue weighted by Gasteiger charge is 2.32. The van der Waals surface area contributed by atoms with Gasteiger partial charge in [0.1, 0.15) is 0 Å². The van der Waals surface area contributed by atoms with Crippen LogP contribution in [-0.2, 0) is 16.2 Å². The van der Waals surface area contributed by atoms with E-state index >= 15 is 0 Å². The highest BCUT2D eigenvalue weighted by atomic mass is 15.3. The second-order valence-corrected chi connectivity index (χ2v) is 14.6. The minimum absolute atomic E-state index is 0.0309. The monoisotopic (exact) mass is 592 g/mol. The summed E-state index contributed by atoms with van der Waals surface area (Å²) in [6.45, 7) is 18.0. The second kappa shape index (κ2) is 11.3. The van der Waals surface area contributed by atoms with E-state index in [4.69, 9.17) is 10.2 Å². The Morgan fingerprint density at radius 2 is 0.800 bits per heavy atom. The predicted octanol–water partition coefficient (Wildman–Crippen LogP) is 10.3. The highest BCUT2D eigenvalue weighted by Crippen LogP contribution is 2.37. The van der Waals surface area contributed by atoms with Gasteiger partial charge < -0.3 is 0 Å². The lowest BCUT2D eigenvalue weighted by Gasteiger charge is -2.21. The van der Waals surface area contributed by atoms with Crippen LogP contribution in [0.5, 0.6) is 0 Å². The average molecular weight is 593 g/mol. The van der Waals surface area contributed by atoms with Gasteiger partial charge >= 0.3 is 0 Å². The normalized spacial score (nSPS) is 12.4. The summed E-state index contributed by atoms with van der Waals surface area (Å²) >= 11 is 0. The molecule has 0 radical (unpaired) electrons. The molecule has 6 aromatic rings. The summed E-state index contributed by atoms with van der Waals surface area (Å²) < 4.78 is 4.20. The fraction of sp³-hybridized carbons (Fsp3) is 0.268. The molecule has 4 heteroatoms. The largest absolute Gasteiger partial charge is 0.233 e. The topological polar surface area (TPSA) is 35.6 Å². The zero-order chi connectivity index (χ0) is 32.0. The second-order valence-electron chi connectivity index (χ2n) is 14.6. The number of aromatic nitrogens is 4. The third-order valence-corrected chi connectivity index (χ3v) is 8.75. The predicted molar refractivity (Wildman–Crippen MR) is 188 cm³/mol. The van der Waals surface area contributed by atoms with Gasteiger partial charge in [0.2, 0.25) is 0 Å². The number of benzene rings is 4. The van der Waals surface area contributed by atoms with Crippen LogP contribution in [0.25, 0.3) is 33.9 Å². The molecule has 2 aromatic heterocycles. The van der Waals surface area contributed by atoms with Gasteiger partial charge in [0.25, 0.3) is 0 Å². The molecular formula is C41H44N4. The van der Waals surface area contributed by atoms with Crippen molar-refractivity contribution in [2.75, 3.05) is 0 Å². The van der Waals surface area contributed by atoms with Crippen LogP contribution in [0.15, 0.2) is 121 Å². The van der Waals surface area contributed by atoms with Crippen molar-refractivity contribution in [1.82, 2.24) is 19.6 Å². The van der Waals surface area contributed by atoms with Crippen LogP contribution >= 0.6 is 0 Å². The van der Waals surface area contributed by atoms with Crippen molar-refractivity contribution in [3.8, 4) is 33.9 Å². The first-order chi connectivity index (χ1) is 21.3. The molecule has 228 valence electrons. The molecule has 0 amide bonds. The molecule has 0 saturated heterocycles. The first kappa shape index (κ1) is 30.3. The van der Waals surface area contributed by atoms with Crippen molar-refractivity contribution in [2.24, 2.45) is 0 Å². The molecule has 0 N–H and O–H groups in total. The Kier molecular flexibility index (Phi) is 7.64. The molecule has 2 heterocycles. The Labute approximate surface area is 268 Å². The molecule has 0 unspecified atom stereocenters. The molecule has 0 aliphatic carbocycles. The van der Waals surface area contributed by atoms with E-state index in [0.29, 0.717) is 0 Å². The minimum atomic E-state index is -0.479.